The van der Waals surface area contributed by atoms with Gasteiger partial charge in [-0.05, 0) is 29.3 Å². The van der Waals surface area contributed by atoms with Crippen LogP contribution in [0.3, 0.4) is 0 Å². The van der Waals surface area contributed by atoms with E-state index < -0.39 is 0 Å². The minimum absolute atomic E-state index is 0.0161. The number of hydrogen-bond acceptors (Lipinski definition) is 6. The van der Waals surface area contributed by atoms with Gasteiger partial charge < -0.3 is 10.6 Å². The van der Waals surface area contributed by atoms with Gasteiger partial charge in [0.25, 0.3) is 0 Å². The van der Waals surface area contributed by atoms with Crippen molar-refractivity contribution in [1.29, 1.82) is 0 Å². The third-order valence-corrected chi connectivity index (χ3v) is 3.42. The summed E-state index contributed by atoms with van der Waals surface area (Å²) < 4.78 is 1.73. The molecule has 1 aromatic rings. The second kappa shape index (κ2) is 9.71. The van der Waals surface area contributed by atoms with Crippen LogP contribution in [0.4, 0.5) is 0 Å². The van der Waals surface area contributed by atoms with Crippen molar-refractivity contribution in [3.05, 3.63) is 0 Å². The Hall–Kier alpha value is -1.15. The van der Waals surface area contributed by atoms with Crippen LogP contribution >= 0.6 is 11.8 Å². The first-order valence-electron chi connectivity index (χ1n) is 6.99. The number of aromatic nitrogens is 4. The van der Waals surface area contributed by atoms with E-state index in [9.17, 15) is 4.79 Å². The molecule has 1 aromatic heterocycles. The van der Waals surface area contributed by atoms with Crippen LogP contribution in [0.25, 0.3) is 0 Å². The number of nitrogens with zero attached hydrogens (tertiary/aromatic N) is 4. The van der Waals surface area contributed by atoms with Gasteiger partial charge in [-0.25, -0.2) is 4.68 Å². The zero-order valence-electron chi connectivity index (χ0n) is 12.4. The molecule has 0 aliphatic carbocycles. The van der Waals surface area contributed by atoms with E-state index in [1.807, 2.05) is 0 Å². The molecule has 0 unspecified atom stereocenters. The summed E-state index contributed by atoms with van der Waals surface area (Å²) in [5.41, 5.74) is 0. The molecule has 1 heterocycles. The summed E-state index contributed by atoms with van der Waals surface area (Å²) in [5.74, 6) is 0.816. The molecule has 0 bridgehead atoms. The quantitative estimate of drug-likeness (QED) is 0.484. The van der Waals surface area contributed by atoms with Crippen LogP contribution in [0.5, 0.6) is 0 Å². The Bertz CT molecular complexity index is 395. The van der Waals surface area contributed by atoms with Crippen molar-refractivity contribution in [1.82, 2.24) is 30.8 Å². The summed E-state index contributed by atoms with van der Waals surface area (Å²) in [7, 11) is 0. The number of hydrogen-bond donors (Lipinski definition) is 2. The zero-order chi connectivity index (χ0) is 14.8. The molecular formula is C12H24N6OS. The first kappa shape index (κ1) is 16.9. The van der Waals surface area contributed by atoms with Crippen LogP contribution < -0.4 is 10.6 Å². The van der Waals surface area contributed by atoms with Crippen LogP contribution in [0.15, 0.2) is 5.16 Å². The Morgan fingerprint density at radius 3 is 2.90 bits per heavy atom. The summed E-state index contributed by atoms with van der Waals surface area (Å²) in [6, 6.07) is 0. The Labute approximate surface area is 124 Å². The summed E-state index contributed by atoms with van der Waals surface area (Å²) in [6.07, 6.45) is 1.10. The number of nitrogens with one attached hydrogen (secondary N) is 2. The van der Waals surface area contributed by atoms with Crippen LogP contribution in [0.2, 0.25) is 0 Å². The minimum Gasteiger partial charge on any atom is -0.355 e. The Kier molecular flexibility index (Phi) is 8.20. The van der Waals surface area contributed by atoms with Crippen molar-refractivity contribution in [3.8, 4) is 0 Å². The highest BCUT2D eigenvalue weighted by molar-refractivity contribution is 7.99. The summed E-state index contributed by atoms with van der Waals surface area (Å²) in [5, 5.41) is 18.4. The van der Waals surface area contributed by atoms with Gasteiger partial charge in [-0.3, -0.25) is 4.79 Å². The summed E-state index contributed by atoms with van der Waals surface area (Å²) in [6.45, 7) is 9.48. The third kappa shape index (κ3) is 6.85. The van der Waals surface area contributed by atoms with Crippen molar-refractivity contribution < 1.29 is 4.79 Å². The second-order valence-corrected chi connectivity index (χ2v) is 5.86. The van der Waals surface area contributed by atoms with Gasteiger partial charge in [0.05, 0.1) is 12.3 Å². The predicted octanol–water partition coefficient (Wildman–Crippen LogP) is 0.537. The Balaban J connectivity index is 2.29. The van der Waals surface area contributed by atoms with E-state index in [0.717, 1.165) is 19.5 Å². The highest BCUT2D eigenvalue weighted by Crippen LogP contribution is 2.12. The maximum atomic E-state index is 11.6. The molecule has 8 heteroatoms. The van der Waals surface area contributed by atoms with E-state index in [1.54, 1.807) is 4.68 Å². The number of carbonyl (C=O) groups is 1. The molecule has 1 amide bonds. The normalized spacial score (nSPS) is 11.0. The first-order valence-corrected chi connectivity index (χ1v) is 7.98. The van der Waals surface area contributed by atoms with Gasteiger partial charge in [-0.15, -0.1) is 5.10 Å². The molecule has 0 aromatic carbocycles. The van der Waals surface area contributed by atoms with Crippen molar-refractivity contribution in [2.75, 3.05) is 25.4 Å². The van der Waals surface area contributed by atoms with Crippen molar-refractivity contribution in [2.45, 2.75) is 38.9 Å². The number of tetrazole rings is 1. The van der Waals surface area contributed by atoms with E-state index in [4.69, 9.17) is 0 Å². The molecule has 0 saturated carbocycles. The largest absolute Gasteiger partial charge is 0.355 e. The number of thioether (sulfide) groups is 1. The third-order valence-electron chi connectivity index (χ3n) is 2.47. The summed E-state index contributed by atoms with van der Waals surface area (Å²) >= 11 is 1.36. The first-order chi connectivity index (χ1) is 9.63. The molecule has 7 nitrogen and oxygen atoms in total. The molecule has 20 heavy (non-hydrogen) atoms. The number of amides is 1. The highest BCUT2D eigenvalue weighted by atomic mass is 32.2. The van der Waals surface area contributed by atoms with Gasteiger partial charge in [0, 0.05) is 13.1 Å². The smallest absolute Gasteiger partial charge is 0.230 e. The monoisotopic (exact) mass is 300 g/mol. The van der Waals surface area contributed by atoms with E-state index >= 15 is 0 Å². The molecule has 0 atom stereocenters. The fourth-order valence-corrected chi connectivity index (χ4v) is 2.16. The molecule has 0 fully saturated rings. The van der Waals surface area contributed by atoms with Gasteiger partial charge in [0.1, 0.15) is 0 Å². The predicted molar refractivity (Wildman–Crippen MR) is 79.5 cm³/mol. The lowest BCUT2D eigenvalue weighted by Gasteiger charge is -2.07. The molecule has 2 N–H and O–H groups in total. The second-order valence-electron chi connectivity index (χ2n) is 4.92. The molecule has 0 saturated heterocycles. The van der Waals surface area contributed by atoms with Crippen LogP contribution in [-0.4, -0.2) is 51.5 Å². The average Bonchev–Trinajstić information content (AvgIpc) is 2.86. The van der Waals surface area contributed by atoms with Gasteiger partial charge in [-0.1, -0.05) is 32.5 Å². The number of rotatable bonds is 10. The fourth-order valence-electron chi connectivity index (χ4n) is 1.43. The molecule has 0 aliphatic rings. The van der Waals surface area contributed by atoms with Crippen molar-refractivity contribution in [3.63, 3.8) is 0 Å². The van der Waals surface area contributed by atoms with Gasteiger partial charge in [0.15, 0.2) is 0 Å². The van der Waals surface area contributed by atoms with Crippen LogP contribution in [0, 0.1) is 5.92 Å². The standard InChI is InChI=1S/C12H24N6OS/c1-4-5-13-6-7-18-12(15-16-17-18)20-9-11(19)14-8-10(2)3/h10,13H,4-9H2,1-3H3,(H,14,19). The van der Waals surface area contributed by atoms with Gasteiger partial charge >= 0.3 is 0 Å². The minimum atomic E-state index is 0.0161. The van der Waals surface area contributed by atoms with Crippen LogP contribution in [0.1, 0.15) is 27.2 Å². The summed E-state index contributed by atoms with van der Waals surface area (Å²) in [4.78, 5) is 11.6. The van der Waals surface area contributed by atoms with Crippen LogP contribution in [-0.2, 0) is 11.3 Å². The Morgan fingerprint density at radius 2 is 2.20 bits per heavy atom. The van der Waals surface area contributed by atoms with E-state index in [0.29, 0.717) is 29.9 Å². The maximum Gasteiger partial charge on any atom is 0.230 e. The molecular weight excluding hydrogens is 276 g/mol. The lowest BCUT2D eigenvalue weighted by atomic mass is 10.2. The van der Waals surface area contributed by atoms with E-state index in [-0.39, 0.29) is 5.91 Å². The molecule has 0 radical (unpaired) electrons. The van der Waals surface area contributed by atoms with E-state index in [2.05, 4.69) is 46.9 Å². The average molecular weight is 300 g/mol. The molecule has 0 aliphatic heterocycles. The lowest BCUT2D eigenvalue weighted by Crippen LogP contribution is -2.29. The topological polar surface area (TPSA) is 84.7 Å². The van der Waals surface area contributed by atoms with Crippen molar-refractivity contribution >= 4 is 17.7 Å². The molecule has 0 spiro atoms. The fraction of sp³-hybridized carbons (Fsp3) is 0.833. The lowest BCUT2D eigenvalue weighted by molar-refractivity contribution is -0.118. The highest BCUT2D eigenvalue weighted by Gasteiger charge is 2.09. The zero-order valence-corrected chi connectivity index (χ0v) is 13.2. The van der Waals surface area contributed by atoms with Gasteiger partial charge in [-0.2, -0.15) is 0 Å². The molecule has 1 rings (SSSR count). The SMILES string of the molecule is CCCNCCn1nnnc1SCC(=O)NCC(C)C. The van der Waals surface area contributed by atoms with Gasteiger partial charge in [0.2, 0.25) is 11.1 Å². The van der Waals surface area contributed by atoms with E-state index in [1.165, 1.54) is 11.8 Å². The number of carbonyl (C=O) groups excluding carboxylic acids is 1. The molecule has 114 valence electrons. The van der Waals surface area contributed by atoms with Crippen molar-refractivity contribution in [2.24, 2.45) is 5.92 Å². The Morgan fingerprint density at radius 1 is 1.40 bits per heavy atom. The maximum absolute atomic E-state index is 11.6.